The summed E-state index contributed by atoms with van der Waals surface area (Å²) in [7, 11) is 2.31. The molecule has 1 heteroatoms. The summed E-state index contributed by atoms with van der Waals surface area (Å²) in [5, 5.41) is 0. The minimum Gasteiger partial charge on any atom is -0.306 e. The van der Waals surface area contributed by atoms with Crippen molar-refractivity contribution in [3.8, 4) is 0 Å². The molecule has 1 aliphatic rings. The average Bonchev–Trinajstić information content (AvgIpc) is 2.65. The van der Waals surface area contributed by atoms with Gasteiger partial charge >= 0.3 is 0 Å². The predicted octanol–water partition coefficient (Wildman–Crippen LogP) is 6.09. The molecule has 1 nitrogen and oxygen atoms in total. The van der Waals surface area contributed by atoms with Crippen LogP contribution in [0.1, 0.15) is 62.5 Å². The Bertz CT molecular complexity index is 586. The zero-order valence-electron chi connectivity index (χ0n) is 16.1. The normalized spacial score (nSPS) is 24.0. The predicted molar refractivity (Wildman–Crippen MR) is 108 cm³/mol. The van der Waals surface area contributed by atoms with E-state index in [1.54, 1.807) is 0 Å². The molecule has 0 saturated carbocycles. The van der Waals surface area contributed by atoms with Gasteiger partial charge in [-0.25, -0.2) is 0 Å². The molecule has 0 bridgehead atoms. The second-order valence-electron chi connectivity index (χ2n) is 7.82. The van der Waals surface area contributed by atoms with E-state index in [2.05, 4.69) is 86.5 Å². The van der Waals surface area contributed by atoms with E-state index in [1.165, 1.54) is 49.9 Å². The summed E-state index contributed by atoms with van der Waals surface area (Å²) < 4.78 is 0. The number of likely N-dealkylation sites (tertiary alicyclic amines) is 1. The van der Waals surface area contributed by atoms with Crippen molar-refractivity contribution in [3.05, 3.63) is 71.8 Å². The highest BCUT2D eigenvalue weighted by atomic mass is 15.1. The van der Waals surface area contributed by atoms with Crippen LogP contribution in [-0.4, -0.2) is 25.0 Å². The lowest BCUT2D eigenvalue weighted by Crippen LogP contribution is -2.48. The number of hydrogen-bond donors (Lipinski definition) is 0. The number of nitrogens with zero attached hydrogens (tertiary/aromatic N) is 1. The summed E-state index contributed by atoms with van der Waals surface area (Å²) >= 11 is 0. The van der Waals surface area contributed by atoms with Crippen molar-refractivity contribution in [2.45, 2.75) is 51.4 Å². The first-order chi connectivity index (χ1) is 12.2. The van der Waals surface area contributed by atoms with Gasteiger partial charge in [-0.2, -0.15) is 0 Å². The highest BCUT2D eigenvalue weighted by Crippen LogP contribution is 2.54. The fourth-order valence-corrected chi connectivity index (χ4v) is 5.47. The van der Waals surface area contributed by atoms with Gasteiger partial charge in [0.25, 0.3) is 0 Å². The Kier molecular flexibility index (Phi) is 5.96. The fraction of sp³-hybridized carbons (Fsp3) is 0.500. The maximum Gasteiger partial charge on any atom is 0.00467 e. The summed E-state index contributed by atoms with van der Waals surface area (Å²) in [6, 6.07) is 22.5. The first-order valence-corrected chi connectivity index (χ1v) is 9.99. The monoisotopic (exact) mass is 335 g/mol. The van der Waals surface area contributed by atoms with E-state index >= 15 is 0 Å². The molecule has 2 atom stereocenters. The van der Waals surface area contributed by atoms with Crippen molar-refractivity contribution in [1.29, 1.82) is 0 Å². The van der Waals surface area contributed by atoms with Gasteiger partial charge in [-0.05, 0) is 67.7 Å². The Balaban J connectivity index is 2.09. The quantitative estimate of drug-likeness (QED) is 0.618. The number of piperidine rings is 1. The van der Waals surface area contributed by atoms with Gasteiger partial charge in [-0.3, -0.25) is 0 Å². The van der Waals surface area contributed by atoms with Crippen LogP contribution in [0.25, 0.3) is 0 Å². The Labute approximate surface area is 154 Å². The molecule has 25 heavy (non-hydrogen) atoms. The van der Waals surface area contributed by atoms with Crippen LogP contribution in [0.2, 0.25) is 0 Å². The van der Waals surface area contributed by atoms with Crippen molar-refractivity contribution < 1.29 is 0 Å². The molecule has 0 N–H and O–H groups in total. The van der Waals surface area contributed by atoms with E-state index < -0.39 is 0 Å². The van der Waals surface area contributed by atoms with Gasteiger partial charge in [0.05, 0.1) is 0 Å². The highest BCUT2D eigenvalue weighted by Gasteiger charge is 2.46. The molecular formula is C24H33N. The molecule has 2 aromatic rings. The van der Waals surface area contributed by atoms with Crippen LogP contribution in [-0.2, 0) is 0 Å². The second kappa shape index (κ2) is 8.19. The molecule has 2 unspecified atom stereocenters. The van der Waals surface area contributed by atoms with Crippen LogP contribution in [0.4, 0.5) is 0 Å². The molecule has 1 saturated heterocycles. The zero-order chi connectivity index (χ0) is 17.7. The van der Waals surface area contributed by atoms with Gasteiger partial charge in [0.1, 0.15) is 0 Å². The van der Waals surface area contributed by atoms with Crippen molar-refractivity contribution >= 4 is 0 Å². The van der Waals surface area contributed by atoms with Gasteiger partial charge in [-0.1, -0.05) is 74.5 Å². The molecular weight excluding hydrogens is 302 g/mol. The first-order valence-electron chi connectivity index (χ1n) is 9.99. The van der Waals surface area contributed by atoms with Gasteiger partial charge in [-0.15, -0.1) is 0 Å². The molecule has 1 aliphatic heterocycles. The Hall–Kier alpha value is -1.60. The summed E-state index contributed by atoms with van der Waals surface area (Å²) in [5.74, 6) is 1.23. The van der Waals surface area contributed by atoms with E-state index in [-0.39, 0.29) is 0 Å². The number of benzene rings is 2. The van der Waals surface area contributed by atoms with Crippen molar-refractivity contribution in [1.82, 2.24) is 4.90 Å². The van der Waals surface area contributed by atoms with Crippen molar-refractivity contribution in [2.24, 2.45) is 5.41 Å². The van der Waals surface area contributed by atoms with Crippen LogP contribution in [0, 0.1) is 5.41 Å². The fourth-order valence-electron chi connectivity index (χ4n) is 5.47. The van der Waals surface area contributed by atoms with Gasteiger partial charge in [0, 0.05) is 6.54 Å². The second-order valence-corrected chi connectivity index (χ2v) is 7.82. The average molecular weight is 336 g/mol. The minimum absolute atomic E-state index is 0.319. The summed E-state index contributed by atoms with van der Waals surface area (Å²) in [6.07, 6.45) is 5.06. The lowest BCUT2D eigenvalue weighted by Gasteiger charge is -2.52. The van der Waals surface area contributed by atoms with Crippen LogP contribution in [0.3, 0.4) is 0 Å². The van der Waals surface area contributed by atoms with Gasteiger partial charge in [0.15, 0.2) is 0 Å². The van der Waals surface area contributed by atoms with Gasteiger partial charge < -0.3 is 4.90 Å². The first kappa shape index (κ1) is 18.2. The van der Waals surface area contributed by atoms with Crippen LogP contribution in [0.15, 0.2) is 60.7 Å². The third-order valence-corrected chi connectivity index (χ3v) is 6.35. The van der Waals surface area contributed by atoms with Gasteiger partial charge in [0.2, 0.25) is 0 Å². The van der Waals surface area contributed by atoms with E-state index in [4.69, 9.17) is 0 Å². The maximum atomic E-state index is 2.57. The SMILES string of the molecule is CCC(c1ccccc1)C1(C(CC)c2ccccc2)CCCN(C)C1. The molecule has 0 radical (unpaired) electrons. The third kappa shape index (κ3) is 3.67. The third-order valence-electron chi connectivity index (χ3n) is 6.35. The maximum absolute atomic E-state index is 2.57. The Morgan fingerprint density at radius 1 is 0.840 bits per heavy atom. The number of rotatable bonds is 6. The molecule has 0 amide bonds. The largest absolute Gasteiger partial charge is 0.306 e. The standard InChI is InChI=1S/C24H33N/c1-4-22(20-13-8-6-9-14-20)24(17-12-18-25(3)19-24)23(5-2)21-15-10-7-11-16-21/h6-11,13-16,22-23H,4-5,12,17-19H2,1-3H3. The Morgan fingerprint density at radius 2 is 1.32 bits per heavy atom. The van der Waals surface area contributed by atoms with Crippen molar-refractivity contribution in [2.75, 3.05) is 20.1 Å². The molecule has 1 heterocycles. The molecule has 1 fully saturated rings. The molecule has 0 aliphatic carbocycles. The lowest BCUT2D eigenvalue weighted by molar-refractivity contribution is 0.0472. The molecule has 0 spiro atoms. The van der Waals surface area contributed by atoms with E-state index in [0.717, 1.165) is 0 Å². The minimum atomic E-state index is 0.319. The molecule has 3 rings (SSSR count). The van der Waals surface area contributed by atoms with Crippen molar-refractivity contribution in [3.63, 3.8) is 0 Å². The van der Waals surface area contributed by atoms with Crippen LogP contribution < -0.4 is 0 Å². The topological polar surface area (TPSA) is 3.24 Å². The Morgan fingerprint density at radius 3 is 1.72 bits per heavy atom. The van der Waals surface area contributed by atoms with E-state index in [9.17, 15) is 0 Å². The summed E-state index contributed by atoms with van der Waals surface area (Å²) in [4.78, 5) is 2.57. The summed E-state index contributed by atoms with van der Waals surface area (Å²) in [6.45, 7) is 7.20. The summed E-state index contributed by atoms with van der Waals surface area (Å²) in [5.41, 5.74) is 3.36. The molecule has 2 aromatic carbocycles. The molecule has 134 valence electrons. The highest BCUT2D eigenvalue weighted by molar-refractivity contribution is 5.29. The van der Waals surface area contributed by atoms with Crippen LogP contribution >= 0.6 is 0 Å². The molecule has 0 aromatic heterocycles. The zero-order valence-corrected chi connectivity index (χ0v) is 16.1. The van der Waals surface area contributed by atoms with Crippen LogP contribution in [0.5, 0.6) is 0 Å². The van der Waals surface area contributed by atoms with E-state index in [1.807, 2.05) is 0 Å². The number of hydrogen-bond acceptors (Lipinski definition) is 1. The lowest BCUT2D eigenvalue weighted by atomic mass is 9.57. The van der Waals surface area contributed by atoms with E-state index in [0.29, 0.717) is 17.3 Å². The smallest absolute Gasteiger partial charge is 0.00467 e.